The standard InChI is InChI=1S/C14H17ClN2O2/c1-2-12-14(19)16-7-8-17(12)13(18)9-10-5-3-4-6-11(10)15/h3-6,12H,2,7-9H2,1H3,(H,16,19). The van der Waals surface area contributed by atoms with Gasteiger partial charge in [0.2, 0.25) is 11.8 Å². The average Bonchev–Trinajstić information content (AvgIpc) is 2.41. The van der Waals surface area contributed by atoms with Crippen molar-refractivity contribution in [1.29, 1.82) is 0 Å². The van der Waals surface area contributed by atoms with Gasteiger partial charge in [0.25, 0.3) is 0 Å². The third kappa shape index (κ3) is 3.07. The first kappa shape index (κ1) is 13.9. The maximum Gasteiger partial charge on any atom is 0.242 e. The molecule has 1 saturated heterocycles. The molecule has 1 heterocycles. The molecule has 1 atom stereocenters. The van der Waals surface area contributed by atoms with E-state index in [0.717, 1.165) is 5.56 Å². The summed E-state index contributed by atoms with van der Waals surface area (Å²) in [6.45, 7) is 2.99. The molecule has 0 saturated carbocycles. The first-order valence-electron chi connectivity index (χ1n) is 6.44. The zero-order valence-corrected chi connectivity index (χ0v) is 11.6. The summed E-state index contributed by atoms with van der Waals surface area (Å²) in [5.41, 5.74) is 0.801. The van der Waals surface area contributed by atoms with Crippen molar-refractivity contribution < 1.29 is 9.59 Å². The number of carbonyl (C=O) groups excluding carboxylic acids is 2. The number of hydrogen-bond acceptors (Lipinski definition) is 2. The predicted octanol–water partition coefficient (Wildman–Crippen LogP) is 1.62. The van der Waals surface area contributed by atoms with Gasteiger partial charge in [-0.1, -0.05) is 36.7 Å². The van der Waals surface area contributed by atoms with Gasteiger partial charge in [-0.2, -0.15) is 0 Å². The van der Waals surface area contributed by atoms with E-state index < -0.39 is 0 Å². The number of carbonyl (C=O) groups is 2. The minimum absolute atomic E-state index is 0.0465. The number of hydrogen-bond donors (Lipinski definition) is 1. The van der Waals surface area contributed by atoms with Crippen molar-refractivity contribution in [2.45, 2.75) is 25.8 Å². The highest BCUT2D eigenvalue weighted by atomic mass is 35.5. The van der Waals surface area contributed by atoms with E-state index in [0.29, 0.717) is 24.5 Å². The van der Waals surface area contributed by atoms with Crippen molar-refractivity contribution in [3.05, 3.63) is 34.9 Å². The van der Waals surface area contributed by atoms with Gasteiger partial charge in [-0.25, -0.2) is 0 Å². The zero-order chi connectivity index (χ0) is 13.8. The summed E-state index contributed by atoms with van der Waals surface area (Å²) < 4.78 is 0. The molecule has 0 spiro atoms. The Kier molecular flexibility index (Phi) is 4.43. The highest BCUT2D eigenvalue weighted by molar-refractivity contribution is 6.31. The predicted molar refractivity (Wildman–Crippen MR) is 74.0 cm³/mol. The second-order valence-corrected chi connectivity index (χ2v) is 4.98. The summed E-state index contributed by atoms with van der Waals surface area (Å²) in [7, 11) is 0. The van der Waals surface area contributed by atoms with E-state index in [1.807, 2.05) is 25.1 Å². The number of halogens is 1. The first-order chi connectivity index (χ1) is 9.13. The Hall–Kier alpha value is -1.55. The Bertz CT molecular complexity index is 490. The Morgan fingerprint density at radius 3 is 2.89 bits per heavy atom. The van der Waals surface area contributed by atoms with Crippen molar-refractivity contribution in [1.82, 2.24) is 10.2 Å². The minimum atomic E-state index is -0.358. The Balaban J connectivity index is 2.11. The van der Waals surface area contributed by atoms with E-state index >= 15 is 0 Å². The molecular formula is C14H17ClN2O2. The lowest BCUT2D eigenvalue weighted by Gasteiger charge is -2.34. The highest BCUT2D eigenvalue weighted by Crippen LogP contribution is 2.18. The Labute approximate surface area is 117 Å². The smallest absolute Gasteiger partial charge is 0.242 e. The monoisotopic (exact) mass is 280 g/mol. The number of rotatable bonds is 3. The minimum Gasteiger partial charge on any atom is -0.353 e. The van der Waals surface area contributed by atoms with E-state index in [2.05, 4.69) is 5.32 Å². The number of nitrogens with one attached hydrogen (secondary N) is 1. The van der Waals surface area contributed by atoms with E-state index in [1.54, 1.807) is 11.0 Å². The van der Waals surface area contributed by atoms with Crippen LogP contribution in [0.3, 0.4) is 0 Å². The van der Waals surface area contributed by atoms with Gasteiger partial charge in [-0.05, 0) is 18.1 Å². The van der Waals surface area contributed by atoms with E-state index in [9.17, 15) is 9.59 Å². The molecule has 1 aromatic carbocycles. The van der Waals surface area contributed by atoms with Crippen molar-refractivity contribution in [2.24, 2.45) is 0 Å². The highest BCUT2D eigenvalue weighted by Gasteiger charge is 2.31. The van der Waals surface area contributed by atoms with Gasteiger partial charge in [0, 0.05) is 18.1 Å². The van der Waals surface area contributed by atoms with Gasteiger partial charge in [-0.3, -0.25) is 9.59 Å². The van der Waals surface area contributed by atoms with Crippen LogP contribution in [-0.4, -0.2) is 35.8 Å². The molecule has 0 aromatic heterocycles. The molecule has 0 aliphatic carbocycles. The van der Waals surface area contributed by atoms with Crippen LogP contribution in [0.25, 0.3) is 0 Å². The molecule has 4 nitrogen and oxygen atoms in total. The van der Waals surface area contributed by atoms with Crippen LogP contribution < -0.4 is 5.32 Å². The fourth-order valence-corrected chi connectivity index (χ4v) is 2.53. The molecule has 0 radical (unpaired) electrons. The van der Waals surface area contributed by atoms with E-state index in [-0.39, 0.29) is 24.3 Å². The molecule has 1 fully saturated rings. The molecule has 1 aliphatic rings. The Morgan fingerprint density at radius 2 is 2.21 bits per heavy atom. The molecule has 19 heavy (non-hydrogen) atoms. The van der Waals surface area contributed by atoms with Crippen molar-refractivity contribution in [3.8, 4) is 0 Å². The molecule has 1 N–H and O–H groups in total. The third-order valence-corrected chi connectivity index (χ3v) is 3.71. The SMILES string of the molecule is CCC1C(=O)NCCN1C(=O)Cc1ccccc1Cl. The summed E-state index contributed by atoms with van der Waals surface area (Å²) in [6.07, 6.45) is 0.865. The lowest BCUT2D eigenvalue weighted by molar-refractivity contribution is -0.142. The summed E-state index contributed by atoms with van der Waals surface area (Å²) in [5.74, 6) is -0.115. The molecule has 5 heteroatoms. The van der Waals surface area contributed by atoms with E-state index in [4.69, 9.17) is 11.6 Å². The first-order valence-corrected chi connectivity index (χ1v) is 6.82. The molecule has 1 unspecified atom stereocenters. The quantitative estimate of drug-likeness (QED) is 0.915. The lowest BCUT2D eigenvalue weighted by Crippen LogP contribution is -2.57. The van der Waals surface area contributed by atoms with Crippen LogP contribution in [0.5, 0.6) is 0 Å². The van der Waals surface area contributed by atoms with Gasteiger partial charge in [0.1, 0.15) is 6.04 Å². The van der Waals surface area contributed by atoms with Crippen LogP contribution in [0.4, 0.5) is 0 Å². The van der Waals surface area contributed by atoms with Crippen molar-refractivity contribution in [2.75, 3.05) is 13.1 Å². The summed E-state index contributed by atoms with van der Waals surface area (Å²) in [6, 6.07) is 6.94. The second kappa shape index (κ2) is 6.06. The molecule has 102 valence electrons. The van der Waals surface area contributed by atoms with Crippen molar-refractivity contribution in [3.63, 3.8) is 0 Å². The molecule has 0 bridgehead atoms. The van der Waals surface area contributed by atoms with Gasteiger partial charge in [-0.15, -0.1) is 0 Å². The normalized spacial score (nSPS) is 19.2. The maximum absolute atomic E-state index is 12.3. The van der Waals surface area contributed by atoms with Crippen LogP contribution in [-0.2, 0) is 16.0 Å². The van der Waals surface area contributed by atoms with Gasteiger partial charge >= 0.3 is 0 Å². The maximum atomic E-state index is 12.3. The van der Waals surface area contributed by atoms with Gasteiger partial charge in [0.15, 0.2) is 0 Å². The van der Waals surface area contributed by atoms with E-state index in [1.165, 1.54) is 0 Å². The lowest BCUT2D eigenvalue weighted by atomic mass is 10.1. The summed E-state index contributed by atoms with van der Waals surface area (Å²) in [5, 5.41) is 3.37. The van der Waals surface area contributed by atoms with Gasteiger partial charge < -0.3 is 10.2 Å². The Morgan fingerprint density at radius 1 is 1.47 bits per heavy atom. The van der Waals surface area contributed by atoms with Crippen LogP contribution in [0.15, 0.2) is 24.3 Å². The van der Waals surface area contributed by atoms with Gasteiger partial charge in [0.05, 0.1) is 6.42 Å². The fourth-order valence-electron chi connectivity index (χ4n) is 2.33. The van der Waals surface area contributed by atoms with Crippen LogP contribution in [0.2, 0.25) is 5.02 Å². The number of nitrogens with zero attached hydrogens (tertiary/aromatic N) is 1. The number of piperazine rings is 1. The van der Waals surface area contributed by atoms with Crippen LogP contribution in [0, 0.1) is 0 Å². The topological polar surface area (TPSA) is 49.4 Å². The van der Waals surface area contributed by atoms with Crippen LogP contribution >= 0.6 is 11.6 Å². The molecule has 2 rings (SSSR count). The molecular weight excluding hydrogens is 264 g/mol. The molecule has 1 aromatic rings. The van der Waals surface area contributed by atoms with Crippen molar-refractivity contribution >= 4 is 23.4 Å². The molecule has 2 amide bonds. The average molecular weight is 281 g/mol. The molecule has 1 aliphatic heterocycles. The number of amides is 2. The largest absolute Gasteiger partial charge is 0.353 e. The summed E-state index contributed by atoms with van der Waals surface area (Å²) in [4.78, 5) is 25.7. The van der Waals surface area contributed by atoms with Crippen LogP contribution in [0.1, 0.15) is 18.9 Å². The zero-order valence-electron chi connectivity index (χ0n) is 10.9. The second-order valence-electron chi connectivity index (χ2n) is 4.57. The number of benzene rings is 1. The fraction of sp³-hybridized carbons (Fsp3) is 0.429. The summed E-state index contributed by atoms with van der Waals surface area (Å²) >= 11 is 6.06. The third-order valence-electron chi connectivity index (χ3n) is 3.34.